The van der Waals surface area contributed by atoms with Crippen molar-refractivity contribution in [3.8, 4) is 0 Å². The second-order valence-corrected chi connectivity index (χ2v) is 4.32. The van der Waals surface area contributed by atoms with Crippen LogP contribution in [0, 0.1) is 0 Å². The molecular weight excluding hydrogens is 178 g/mol. The fourth-order valence-electron chi connectivity index (χ4n) is 0.814. The molecule has 1 atom stereocenters. The van der Waals surface area contributed by atoms with Gasteiger partial charge in [-0.1, -0.05) is 0 Å². The zero-order valence-corrected chi connectivity index (χ0v) is 8.40. The molecule has 0 bridgehead atoms. The quantitative estimate of drug-likeness (QED) is 0.404. The van der Waals surface area contributed by atoms with Crippen LogP contribution in [0.1, 0.15) is 6.42 Å². The van der Waals surface area contributed by atoms with Gasteiger partial charge in [0.25, 0.3) is 0 Å². The van der Waals surface area contributed by atoms with Crippen molar-refractivity contribution in [1.29, 1.82) is 0 Å². The molecule has 0 heterocycles. The monoisotopic (exact) mass is 194 g/mol. The summed E-state index contributed by atoms with van der Waals surface area (Å²) in [5.74, 6) is 1.02. The Morgan fingerprint density at radius 2 is 2.08 bits per heavy atom. The number of hydrogen-bond donors (Lipinski definition) is 3. The summed E-state index contributed by atoms with van der Waals surface area (Å²) >= 11 is 0. The van der Waals surface area contributed by atoms with Crippen LogP contribution in [0.5, 0.6) is 0 Å². The SMILES string of the molecule is BCCC(/C=C/[PH](O)(O)O)OC. The molecule has 3 N–H and O–H groups in total. The van der Waals surface area contributed by atoms with Gasteiger partial charge in [0, 0.05) is 0 Å². The van der Waals surface area contributed by atoms with Gasteiger partial charge in [-0.15, -0.1) is 0 Å². The molecule has 1 unspecified atom stereocenters. The average Bonchev–Trinajstić information content (AvgIpc) is 1.96. The summed E-state index contributed by atoms with van der Waals surface area (Å²) in [5.41, 5.74) is 0. The molecule has 12 heavy (non-hydrogen) atoms. The molecule has 4 nitrogen and oxygen atoms in total. The van der Waals surface area contributed by atoms with Gasteiger partial charge in [0.2, 0.25) is 0 Å². The predicted octanol–water partition coefficient (Wildman–Crippen LogP) is -0.572. The van der Waals surface area contributed by atoms with E-state index in [0.29, 0.717) is 0 Å². The maximum atomic E-state index is 8.64. The molecular formula is C6H16BO4P. The summed E-state index contributed by atoms with van der Waals surface area (Å²) in [6, 6.07) is 0. The standard InChI is InChI=1S/C6H16BO4P/c1-11-6(2-4-7)3-5-12(8,9)10/h3,5-6,8-10,12H,2,4,7H2,1H3/b5-3+. The summed E-state index contributed by atoms with van der Waals surface area (Å²) < 4.78 is 4.99. The Balaban J connectivity index is 3.92. The normalized spacial score (nSPS) is 16.7. The maximum absolute atomic E-state index is 8.64. The van der Waals surface area contributed by atoms with Gasteiger partial charge in [-0.3, -0.25) is 0 Å². The van der Waals surface area contributed by atoms with E-state index >= 15 is 0 Å². The zero-order valence-electron chi connectivity index (χ0n) is 7.40. The third-order valence-corrected chi connectivity index (χ3v) is 2.05. The first kappa shape index (κ1) is 12.1. The fraction of sp³-hybridized carbons (Fsp3) is 0.667. The molecule has 0 spiro atoms. The molecule has 0 amide bonds. The molecule has 6 heteroatoms. The molecule has 0 aliphatic rings. The average molecular weight is 194 g/mol. The van der Waals surface area contributed by atoms with E-state index in [2.05, 4.69) is 0 Å². The molecule has 0 aromatic rings. The molecule has 0 aliphatic carbocycles. The summed E-state index contributed by atoms with van der Waals surface area (Å²) in [4.78, 5) is 25.9. The van der Waals surface area contributed by atoms with Crippen molar-refractivity contribution < 1.29 is 19.4 Å². The minimum atomic E-state index is -4.03. The van der Waals surface area contributed by atoms with E-state index in [1.54, 1.807) is 7.11 Å². The summed E-state index contributed by atoms with van der Waals surface area (Å²) in [6.07, 6.45) is 3.08. The van der Waals surface area contributed by atoms with Crippen molar-refractivity contribution in [1.82, 2.24) is 0 Å². The van der Waals surface area contributed by atoms with E-state index in [1.165, 1.54) is 6.08 Å². The van der Waals surface area contributed by atoms with Crippen LogP contribution in [0.15, 0.2) is 11.9 Å². The molecule has 0 aromatic carbocycles. The van der Waals surface area contributed by atoms with E-state index in [9.17, 15) is 0 Å². The Morgan fingerprint density at radius 1 is 1.50 bits per heavy atom. The first-order valence-corrected chi connectivity index (χ1v) is 5.80. The first-order valence-electron chi connectivity index (χ1n) is 3.89. The molecule has 0 fully saturated rings. The van der Waals surface area contributed by atoms with Crippen LogP contribution in [0.4, 0.5) is 0 Å². The number of hydrogen-bond acceptors (Lipinski definition) is 4. The van der Waals surface area contributed by atoms with Gasteiger partial charge in [0.15, 0.2) is 0 Å². The third kappa shape index (κ3) is 6.76. The van der Waals surface area contributed by atoms with E-state index in [-0.39, 0.29) is 6.10 Å². The Bertz CT molecular complexity index is 145. The Kier molecular flexibility index (Phi) is 5.71. The predicted molar refractivity (Wildman–Crippen MR) is 52.9 cm³/mol. The Labute approximate surface area is 73.9 Å². The van der Waals surface area contributed by atoms with E-state index in [1.807, 2.05) is 7.85 Å². The van der Waals surface area contributed by atoms with Gasteiger partial charge < -0.3 is 0 Å². The van der Waals surface area contributed by atoms with Crippen LogP contribution in [-0.2, 0) is 4.74 Å². The van der Waals surface area contributed by atoms with E-state index < -0.39 is 7.94 Å². The molecule has 0 rings (SSSR count). The van der Waals surface area contributed by atoms with Gasteiger partial charge >= 0.3 is 73.1 Å². The van der Waals surface area contributed by atoms with Gasteiger partial charge in [-0.05, 0) is 0 Å². The van der Waals surface area contributed by atoms with E-state index in [4.69, 9.17) is 19.4 Å². The van der Waals surface area contributed by atoms with Crippen molar-refractivity contribution in [2.45, 2.75) is 18.8 Å². The van der Waals surface area contributed by atoms with Crippen LogP contribution in [0.2, 0.25) is 6.32 Å². The number of ether oxygens (including phenoxy) is 1. The van der Waals surface area contributed by atoms with Gasteiger partial charge in [-0.25, -0.2) is 0 Å². The van der Waals surface area contributed by atoms with Crippen molar-refractivity contribution in [2.24, 2.45) is 0 Å². The Hall–Kier alpha value is 0.0749. The zero-order chi connectivity index (χ0) is 9.61. The van der Waals surface area contributed by atoms with Crippen LogP contribution >= 0.6 is 7.94 Å². The van der Waals surface area contributed by atoms with Crippen molar-refractivity contribution in [3.63, 3.8) is 0 Å². The molecule has 0 aromatic heterocycles. The summed E-state index contributed by atoms with van der Waals surface area (Å²) in [6.45, 7) is 0. The topological polar surface area (TPSA) is 69.9 Å². The van der Waals surface area contributed by atoms with Gasteiger partial charge in [0.05, 0.1) is 0 Å². The van der Waals surface area contributed by atoms with E-state index in [0.717, 1.165) is 18.6 Å². The van der Waals surface area contributed by atoms with Crippen molar-refractivity contribution >= 4 is 15.8 Å². The first-order chi connectivity index (χ1) is 5.49. The molecule has 0 saturated heterocycles. The van der Waals surface area contributed by atoms with Crippen LogP contribution in [0.25, 0.3) is 0 Å². The van der Waals surface area contributed by atoms with Crippen molar-refractivity contribution in [3.05, 3.63) is 11.9 Å². The Morgan fingerprint density at radius 3 is 2.42 bits per heavy atom. The van der Waals surface area contributed by atoms with Crippen molar-refractivity contribution in [2.75, 3.05) is 7.11 Å². The van der Waals surface area contributed by atoms with Gasteiger partial charge in [0.1, 0.15) is 0 Å². The summed E-state index contributed by atoms with van der Waals surface area (Å²) in [5, 5.41) is 0. The third-order valence-electron chi connectivity index (χ3n) is 1.41. The van der Waals surface area contributed by atoms with Crippen LogP contribution in [0.3, 0.4) is 0 Å². The minimum absolute atomic E-state index is 0.145. The molecule has 0 radical (unpaired) electrons. The number of methoxy groups -OCH3 is 1. The fourth-order valence-corrected chi connectivity index (χ4v) is 1.29. The second-order valence-electron chi connectivity index (χ2n) is 2.61. The van der Waals surface area contributed by atoms with Crippen LogP contribution in [-0.4, -0.2) is 35.7 Å². The molecule has 0 saturated carbocycles. The molecule has 72 valence electrons. The second kappa shape index (κ2) is 5.67. The van der Waals surface area contributed by atoms with Gasteiger partial charge in [-0.2, -0.15) is 0 Å². The number of rotatable bonds is 5. The van der Waals surface area contributed by atoms with Crippen LogP contribution < -0.4 is 0 Å². The molecule has 0 aliphatic heterocycles. The summed E-state index contributed by atoms with van der Waals surface area (Å²) in [7, 11) is -0.483.